The number of carbonyl (C=O) groups excluding carboxylic acids is 2. The van der Waals surface area contributed by atoms with Gasteiger partial charge in [-0.3, -0.25) is 9.59 Å². The van der Waals surface area contributed by atoms with Crippen molar-refractivity contribution in [3.8, 4) is 17.2 Å². The molecule has 4 rings (SSSR count). The topological polar surface area (TPSA) is 77.1 Å². The number of amides is 2. The van der Waals surface area contributed by atoms with Gasteiger partial charge in [-0.25, -0.2) is 0 Å². The van der Waals surface area contributed by atoms with E-state index in [4.69, 9.17) is 14.2 Å². The molecule has 2 aromatic carbocycles. The third kappa shape index (κ3) is 4.45. The van der Waals surface area contributed by atoms with Crippen molar-refractivity contribution >= 4 is 11.8 Å². The monoisotopic (exact) mass is 424 g/mol. The van der Waals surface area contributed by atoms with Gasteiger partial charge >= 0.3 is 0 Å². The van der Waals surface area contributed by atoms with E-state index in [1.807, 2.05) is 18.2 Å². The first-order valence-corrected chi connectivity index (χ1v) is 10.5. The summed E-state index contributed by atoms with van der Waals surface area (Å²) in [5.74, 6) is 1.43. The summed E-state index contributed by atoms with van der Waals surface area (Å²) in [6.45, 7) is 0.805. The molecule has 0 spiro atoms. The Kier molecular flexibility index (Phi) is 6.02. The Hall–Kier alpha value is -3.22. The fraction of sp³-hybridized carbons (Fsp3) is 0.417. The Morgan fingerprint density at radius 1 is 0.903 bits per heavy atom. The van der Waals surface area contributed by atoms with Crippen molar-refractivity contribution in [3.05, 3.63) is 53.6 Å². The molecule has 31 heavy (non-hydrogen) atoms. The molecular formula is C24H28N2O5. The van der Waals surface area contributed by atoms with Crippen LogP contribution >= 0.6 is 0 Å². The van der Waals surface area contributed by atoms with Crippen molar-refractivity contribution in [2.24, 2.45) is 5.92 Å². The summed E-state index contributed by atoms with van der Waals surface area (Å²) in [6.07, 6.45) is 2.03. The molecule has 0 unspecified atom stereocenters. The van der Waals surface area contributed by atoms with Crippen molar-refractivity contribution < 1.29 is 23.8 Å². The van der Waals surface area contributed by atoms with E-state index >= 15 is 0 Å². The largest absolute Gasteiger partial charge is 0.497 e. The number of rotatable bonds is 7. The van der Waals surface area contributed by atoms with Crippen molar-refractivity contribution in [1.29, 1.82) is 0 Å². The number of nitrogens with one attached hydrogen (secondary N) is 1. The van der Waals surface area contributed by atoms with Crippen LogP contribution in [0, 0.1) is 5.92 Å². The highest BCUT2D eigenvalue weighted by atomic mass is 16.5. The molecule has 1 aliphatic carbocycles. The first-order chi connectivity index (χ1) is 15.0. The summed E-state index contributed by atoms with van der Waals surface area (Å²) < 4.78 is 16.1. The molecule has 0 aromatic heterocycles. The Bertz CT molecular complexity index is 955. The van der Waals surface area contributed by atoms with E-state index in [2.05, 4.69) is 5.32 Å². The normalized spacial score (nSPS) is 20.3. The third-order valence-electron chi connectivity index (χ3n) is 6.04. The molecule has 0 bridgehead atoms. The van der Waals surface area contributed by atoms with E-state index in [1.54, 1.807) is 50.5 Å². The highest BCUT2D eigenvalue weighted by Crippen LogP contribution is 2.40. The van der Waals surface area contributed by atoms with E-state index in [0.29, 0.717) is 35.9 Å². The molecule has 2 atom stereocenters. The quantitative estimate of drug-likeness (QED) is 0.740. The minimum atomic E-state index is -0.343. The lowest BCUT2D eigenvalue weighted by Crippen LogP contribution is -2.36. The molecule has 2 aromatic rings. The second-order valence-electron chi connectivity index (χ2n) is 8.04. The van der Waals surface area contributed by atoms with Crippen LogP contribution in [0.25, 0.3) is 0 Å². The van der Waals surface area contributed by atoms with Crippen LogP contribution < -0.4 is 19.5 Å². The molecular weight excluding hydrogens is 396 g/mol. The van der Waals surface area contributed by atoms with Gasteiger partial charge < -0.3 is 24.4 Å². The van der Waals surface area contributed by atoms with Gasteiger partial charge in [-0.15, -0.1) is 0 Å². The van der Waals surface area contributed by atoms with Gasteiger partial charge in [0.15, 0.2) is 0 Å². The summed E-state index contributed by atoms with van der Waals surface area (Å²) in [5, 5.41) is 3.11. The zero-order valence-corrected chi connectivity index (χ0v) is 18.1. The Labute approximate surface area is 182 Å². The van der Waals surface area contributed by atoms with Crippen molar-refractivity contribution in [2.75, 3.05) is 34.4 Å². The number of hydrogen-bond acceptors (Lipinski definition) is 5. The van der Waals surface area contributed by atoms with Gasteiger partial charge in [-0.05, 0) is 43.2 Å². The molecule has 1 aliphatic heterocycles. The van der Waals surface area contributed by atoms with E-state index < -0.39 is 0 Å². The molecule has 1 saturated heterocycles. The summed E-state index contributed by atoms with van der Waals surface area (Å²) in [6, 6.07) is 12.9. The zero-order chi connectivity index (χ0) is 22.0. The maximum Gasteiger partial charge on any atom is 0.253 e. The van der Waals surface area contributed by atoms with E-state index in [0.717, 1.165) is 18.4 Å². The number of ether oxygens (including phenoxy) is 3. The minimum Gasteiger partial charge on any atom is -0.497 e. The van der Waals surface area contributed by atoms with Crippen LogP contribution in [0.3, 0.4) is 0 Å². The van der Waals surface area contributed by atoms with Crippen LogP contribution in [0.1, 0.15) is 34.7 Å². The third-order valence-corrected chi connectivity index (χ3v) is 6.04. The predicted molar refractivity (Wildman–Crippen MR) is 116 cm³/mol. The Balaban J connectivity index is 1.62. The first-order valence-electron chi connectivity index (χ1n) is 10.5. The summed E-state index contributed by atoms with van der Waals surface area (Å²) >= 11 is 0. The van der Waals surface area contributed by atoms with Gasteiger partial charge in [0.2, 0.25) is 5.91 Å². The minimum absolute atomic E-state index is 0.00426. The SMILES string of the molecule is COc1ccc(C(=O)N2C[C@H](C(=O)NC3CC3)[C@H](c3ccc(OC)cc3OC)C2)cc1. The van der Waals surface area contributed by atoms with Gasteiger partial charge in [-0.1, -0.05) is 6.07 Å². The predicted octanol–water partition coefficient (Wildman–Crippen LogP) is 2.85. The van der Waals surface area contributed by atoms with Crippen LogP contribution in [-0.4, -0.2) is 57.2 Å². The summed E-state index contributed by atoms with van der Waals surface area (Å²) in [4.78, 5) is 28.0. The first kappa shape index (κ1) is 21.0. The van der Waals surface area contributed by atoms with Crippen molar-refractivity contribution in [3.63, 3.8) is 0 Å². The molecule has 164 valence electrons. The van der Waals surface area contributed by atoms with Gasteiger partial charge in [0.25, 0.3) is 5.91 Å². The number of benzene rings is 2. The smallest absolute Gasteiger partial charge is 0.253 e. The molecule has 7 nitrogen and oxygen atoms in total. The van der Waals surface area contributed by atoms with Crippen LogP contribution in [0.4, 0.5) is 0 Å². The zero-order valence-electron chi connectivity index (χ0n) is 18.1. The maximum absolute atomic E-state index is 13.2. The number of carbonyl (C=O) groups is 2. The molecule has 2 fully saturated rings. The Morgan fingerprint density at radius 2 is 1.58 bits per heavy atom. The van der Waals surface area contributed by atoms with Crippen LogP contribution in [0.5, 0.6) is 17.2 Å². The van der Waals surface area contributed by atoms with Gasteiger partial charge in [0.05, 0.1) is 27.2 Å². The van der Waals surface area contributed by atoms with Crippen LogP contribution in [0.15, 0.2) is 42.5 Å². The molecule has 7 heteroatoms. The average molecular weight is 424 g/mol. The molecule has 0 radical (unpaired) electrons. The molecule has 1 heterocycles. The Morgan fingerprint density at radius 3 is 2.19 bits per heavy atom. The van der Waals surface area contributed by atoms with E-state index in [-0.39, 0.29) is 29.7 Å². The second kappa shape index (κ2) is 8.88. The fourth-order valence-corrected chi connectivity index (χ4v) is 4.13. The summed E-state index contributed by atoms with van der Waals surface area (Å²) in [5.41, 5.74) is 1.48. The van der Waals surface area contributed by atoms with Crippen molar-refractivity contribution in [2.45, 2.75) is 24.8 Å². The number of likely N-dealkylation sites (tertiary alicyclic amines) is 1. The number of methoxy groups -OCH3 is 3. The van der Waals surface area contributed by atoms with Crippen molar-refractivity contribution in [1.82, 2.24) is 10.2 Å². The van der Waals surface area contributed by atoms with Gasteiger partial charge in [-0.2, -0.15) is 0 Å². The van der Waals surface area contributed by atoms with E-state index in [9.17, 15) is 9.59 Å². The summed E-state index contributed by atoms with van der Waals surface area (Å²) in [7, 11) is 4.80. The number of nitrogens with zero attached hydrogens (tertiary/aromatic N) is 1. The molecule has 1 N–H and O–H groups in total. The van der Waals surface area contributed by atoms with Crippen LogP contribution in [-0.2, 0) is 4.79 Å². The standard InChI is InChI=1S/C24H28N2O5/c1-29-17-8-4-15(5-9-17)24(28)26-13-20(21(14-26)23(27)25-16-6-7-16)19-11-10-18(30-2)12-22(19)31-3/h4-5,8-12,16,20-21H,6-7,13-14H2,1-3H3,(H,25,27)/t20-,21-/m0/s1. The van der Waals surface area contributed by atoms with Crippen LogP contribution in [0.2, 0.25) is 0 Å². The fourth-order valence-electron chi connectivity index (χ4n) is 4.13. The van der Waals surface area contributed by atoms with Gasteiger partial charge in [0.1, 0.15) is 17.2 Å². The van der Waals surface area contributed by atoms with Gasteiger partial charge in [0, 0.05) is 42.2 Å². The molecule has 2 aliphatic rings. The second-order valence-corrected chi connectivity index (χ2v) is 8.04. The number of hydrogen-bond donors (Lipinski definition) is 1. The molecule has 2 amide bonds. The highest BCUT2D eigenvalue weighted by molar-refractivity contribution is 5.95. The lowest BCUT2D eigenvalue weighted by atomic mass is 9.87. The van der Waals surface area contributed by atoms with E-state index in [1.165, 1.54) is 0 Å². The lowest BCUT2D eigenvalue weighted by molar-refractivity contribution is -0.125. The highest BCUT2D eigenvalue weighted by Gasteiger charge is 2.43. The maximum atomic E-state index is 13.2. The average Bonchev–Trinajstić information content (AvgIpc) is 3.51. The molecule has 1 saturated carbocycles. The lowest BCUT2D eigenvalue weighted by Gasteiger charge is -2.21.